The van der Waals surface area contributed by atoms with E-state index in [9.17, 15) is 8.42 Å². The first-order valence-electron chi connectivity index (χ1n) is 4.68. The Balaban J connectivity index is 2.65. The Morgan fingerprint density at radius 1 is 1.29 bits per heavy atom. The van der Waals surface area contributed by atoms with Gasteiger partial charge in [0.1, 0.15) is 0 Å². The van der Waals surface area contributed by atoms with Gasteiger partial charge in [-0.05, 0) is 24.5 Å². The summed E-state index contributed by atoms with van der Waals surface area (Å²) in [5, 5.41) is 0. The van der Waals surface area contributed by atoms with Crippen LogP contribution in [-0.2, 0) is 9.84 Å². The summed E-state index contributed by atoms with van der Waals surface area (Å²) in [5.41, 5.74) is 6.67. The average Bonchev–Trinajstić information content (AvgIpc) is 2.27. The summed E-state index contributed by atoms with van der Waals surface area (Å²) in [7, 11) is -3.09. The molecule has 1 heterocycles. The van der Waals surface area contributed by atoms with E-state index in [-0.39, 0.29) is 11.8 Å². The third-order valence-corrected chi connectivity index (χ3v) is 4.45. The molecule has 0 radical (unpaired) electrons. The highest BCUT2D eigenvalue weighted by Crippen LogP contribution is 2.28. The molecular formula is C10H13NO2S. The van der Waals surface area contributed by atoms with Crippen LogP contribution in [0.2, 0.25) is 0 Å². The predicted molar refractivity (Wildman–Crippen MR) is 54.7 cm³/mol. The molecule has 4 heteroatoms. The van der Waals surface area contributed by atoms with Gasteiger partial charge in [-0.1, -0.05) is 18.2 Å². The van der Waals surface area contributed by atoms with E-state index >= 15 is 0 Å². The first-order valence-corrected chi connectivity index (χ1v) is 6.34. The normalized spacial score (nSPS) is 25.1. The van der Waals surface area contributed by atoms with Crippen molar-refractivity contribution in [2.24, 2.45) is 5.73 Å². The highest BCUT2D eigenvalue weighted by Gasteiger charge is 2.24. The van der Waals surface area contributed by atoms with E-state index in [0.29, 0.717) is 11.3 Å². The molecule has 2 rings (SSSR count). The second kappa shape index (κ2) is 3.37. The Morgan fingerprint density at radius 2 is 2.00 bits per heavy atom. The maximum absolute atomic E-state index is 11.8. The van der Waals surface area contributed by atoms with E-state index in [2.05, 4.69) is 0 Å². The lowest BCUT2D eigenvalue weighted by atomic mass is 10.0. The lowest BCUT2D eigenvalue weighted by Crippen LogP contribution is -2.11. The molecule has 0 bridgehead atoms. The molecule has 0 unspecified atom stereocenters. The second-order valence-corrected chi connectivity index (χ2v) is 5.68. The standard InChI is InChI=1S/C10H13NO2S/c11-9-5-3-7-14(12,13)10-6-2-1-4-8(9)10/h1-2,4,6,9H,3,5,7,11H2/t9-/m0/s1. The highest BCUT2D eigenvalue weighted by atomic mass is 32.2. The monoisotopic (exact) mass is 211 g/mol. The lowest BCUT2D eigenvalue weighted by molar-refractivity contribution is 0.594. The number of sulfone groups is 1. The molecule has 76 valence electrons. The van der Waals surface area contributed by atoms with Crippen molar-refractivity contribution in [3.63, 3.8) is 0 Å². The van der Waals surface area contributed by atoms with E-state index in [1.807, 2.05) is 12.1 Å². The molecule has 0 aliphatic carbocycles. The fourth-order valence-corrected chi connectivity index (χ4v) is 3.46. The van der Waals surface area contributed by atoms with Crippen LogP contribution in [0.1, 0.15) is 24.4 Å². The molecule has 1 aliphatic heterocycles. The molecule has 14 heavy (non-hydrogen) atoms. The van der Waals surface area contributed by atoms with Crippen molar-refractivity contribution in [2.45, 2.75) is 23.8 Å². The summed E-state index contributed by atoms with van der Waals surface area (Å²) >= 11 is 0. The quantitative estimate of drug-likeness (QED) is 0.702. The number of nitrogens with two attached hydrogens (primary N) is 1. The van der Waals surface area contributed by atoms with Gasteiger partial charge in [0.2, 0.25) is 0 Å². The average molecular weight is 211 g/mol. The van der Waals surface area contributed by atoms with Crippen LogP contribution in [0.15, 0.2) is 29.2 Å². The SMILES string of the molecule is N[C@H]1CCCS(=O)(=O)c2ccccc21. The summed E-state index contributed by atoms with van der Waals surface area (Å²) in [6.07, 6.45) is 1.40. The number of hydrogen-bond acceptors (Lipinski definition) is 3. The summed E-state index contributed by atoms with van der Waals surface area (Å²) in [6, 6.07) is 6.90. The molecule has 2 N–H and O–H groups in total. The third-order valence-electron chi connectivity index (χ3n) is 2.58. The van der Waals surface area contributed by atoms with Crippen molar-refractivity contribution >= 4 is 9.84 Å². The van der Waals surface area contributed by atoms with Crippen LogP contribution in [0.4, 0.5) is 0 Å². The molecule has 0 amide bonds. The van der Waals surface area contributed by atoms with Gasteiger partial charge in [0, 0.05) is 6.04 Å². The third kappa shape index (κ3) is 1.55. The first kappa shape index (κ1) is 9.68. The van der Waals surface area contributed by atoms with Gasteiger partial charge in [0.25, 0.3) is 0 Å². The molecular weight excluding hydrogens is 198 g/mol. The van der Waals surface area contributed by atoms with E-state index in [4.69, 9.17) is 5.73 Å². The maximum Gasteiger partial charge on any atom is 0.178 e. The topological polar surface area (TPSA) is 60.2 Å². The zero-order chi connectivity index (χ0) is 10.2. The van der Waals surface area contributed by atoms with Crippen LogP contribution in [0.25, 0.3) is 0 Å². The Bertz CT molecular complexity index is 439. The molecule has 0 aromatic heterocycles. The van der Waals surface area contributed by atoms with E-state index in [0.717, 1.165) is 12.0 Å². The van der Waals surface area contributed by atoms with Crippen LogP contribution >= 0.6 is 0 Å². The van der Waals surface area contributed by atoms with Crippen LogP contribution in [0.5, 0.6) is 0 Å². The Morgan fingerprint density at radius 3 is 2.79 bits per heavy atom. The van der Waals surface area contributed by atoms with Gasteiger partial charge in [0.15, 0.2) is 9.84 Å². The van der Waals surface area contributed by atoms with Crippen molar-refractivity contribution in [3.8, 4) is 0 Å². The van der Waals surface area contributed by atoms with E-state index in [1.165, 1.54) is 0 Å². The lowest BCUT2D eigenvalue weighted by Gasteiger charge is -2.10. The predicted octanol–water partition coefficient (Wildman–Crippen LogP) is 1.25. The molecule has 0 fully saturated rings. The fourth-order valence-electron chi connectivity index (χ4n) is 1.83. The molecule has 0 saturated carbocycles. The molecule has 1 aromatic carbocycles. The van der Waals surface area contributed by atoms with Crippen LogP contribution in [-0.4, -0.2) is 14.2 Å². The molecule has 1 atom stereocenters. The van der Waals surface area contributed by atoms with Crippen molar-refractivity contribution < 1.29 is 8.42 Å². The molecule has 1 aromatic rings. The van der Waals surface area contributed by atoms with Crippen LogP contribution in [0, 0.1) is 0 Å². The first-order chi connectivity index (χ1) is 6.61. The van der Waals surface area contributed by atoms with E-state index in [1.54, 1.807) is 12.1 Å². The number of hydrogen-bond donors (Lipinski definition) is 1. The number of fused-ring (bicyclic) bond motifs is 1. The van der Waals surface area contributed by atoms with Gasteiger partial charge < -0.3 is 5.73 Å². The second-order valence-electron chi connectivity index (χ2n) is 3.61. The summed E-state index contributed by atoms with van der Waals surface area (Å²) in [6.45, 7) is 0. The fraction of sp³-hybridized carbons (Fsp3) is 0.400. The number of benzene rings is 1. The minimum atomic E-state index is -3.09. The Kier molecular flexibility index (Phi) is 2.33. The minimum absolute atomic E-state index is 0.136. The smallest absolute Gasteiger partial charge is 0.178 e. The molecule has 0 saturated heterocycles. The zero-order valence-corrected chi connectivity index (χ0v) is 8.63. The van der Waals surface area contributed by atoms with Gasteiger partial charge >= 0.3 is 0 Å². The van der Waals surface area contributed by atoms with Crippen molar-refractivity contribution in [1.29, 1.82) is 0 Å². The van der Waals surface area contributed by atoms with Gasteiger partial charge in [-0.25, -0.2) is 8.42 Å². The van der Waals surface area contributed by atoms with Crippen molar-refractivity contribution in [1.82, 2.24) is 0 Å². The molecule has 1 aliphatic rings. The number of rotatable bonds is 0. The Hall–Kier alpha value is -0.870. The molecule has 3 nitrogen and oxygen atoms in total. The van der Waals surface area contributed by atoms with Gasteiger partial charge in [-0.3, -0.25) is 0 Å². The van der Waals surface area contributed by atoms with Gasteiger partial charge in [-0.15, -0.1) is 0 Å². The minimum Gasteiger partial charge on any atom is -0.324 e. The largest absolute Gasteiger partial charge is 0.324 e. The summed E-state index contributed by atoms with van der Waals surface area (Å²) in [5.74, 6) is 0.220. The Labute approximate surface area is 83.9 Å². The summed E-state index contributed by atoms with van der Waals surface area (Å²) < 4.78 is 23.6. The van der Waals surface area contributed by atoms with Crippen molar-refractivity contribution in [2.75, 3.05) is 5.75 Å². The van der Waals surface area contributed by atoms with Crippen LogP contribution in [0.3, 0.4) is 0 Å². The van der Waals surface area contributed by atoms with Crippen molar-refractivity contribution in [3.05, 3.63) is 29.8 Å². The van der Waals surface area contributed by atoms with Crippen LogP contribution < -0.4 is 5.73 Å². The van der Waals surface area contributed by atoms with Gasteiger partial charge in [0.05, 0.1) is 10.6 Å². The van der Waals surface area contributed by atoms with Gasteiger partial charge in [-0.2, -0.15) is 0 Å². The zero-order valence-electron chi connectivity index (χ0n) is 7.81. The van der Waals surface area contributed by atoms with E-state index < -0.39 is 9.84 Å². The molecule has 0 spiro atoms. The maximum atomic E-state index is 11.8. The summed E-state index contributed by atoms with van der Waals surface area (Å²) in [4.78, 5) is 0.421. The highest BCUT2D eigenvalue weighted by molar-refractivity contribution is 7.91.